The van der Waals surface area contributed by atoms with Gasteiger partial charge in [-0.15, -0.1) is 12.4 Å². The molecule has 1 aliphatic heterocycles. The van der Waals surface area contributed by atoms with Gasteiger partial charge in [0.05, 0.1) is 17.9 Å². The van der Waals surface area contributed by atoms with E-state index < -0.39 is 29.2 Å². The van der Waals surface area contributed by atoms with Crippen LogP contribution in [-0.4, -0.2) is 31.7 Å². The monoisotopic (exact) mass is 303 g/mol. The zero-order valence-corrected chi connectivity index (χ0v) is 11.1. The van der Waals surface area contributed by atoms with Gasteiger partial charge in [0.25, 0.3) is 5.91 Å². The number of carbonyl (C=O) groups is 1. The molecule has 1 aromatic carbocycles. The molecule has 20 heavy (non-hydrogen) atoms. The van der Waals surface area contributed by atoms with E-state index in [9.17, 15) is 13.6 Å². The normalized spacial score (nSPS) is 17.8. The third kappa shape index (κ3) is 3.63. The highest BCUT2D eigenvalue weighted by molar-refractivity contribution is 5.94. The summed E-state index contributed by atoms with van der Waals surface area (Å²) in [5.74, 6) is -2.31. The van der Waals surface area contributed by atoms with Crippen LogP contribution in [0.5, 0.6) is 0 Å². The van der Waals surface area contributed by atoms with Gasteiger partial charge in [0.2, 0.25) is 0 Å². The van der Waals surface area contributed by atoms with Crippen LogP contribution in [0.4, 0.5) is 14.5 Å². The van der Waals surface area contributed by atoms with Crippen molar-refractivity contribution in [2.75, 3.05) is 25.0 Å². The minimum Gasteiger partial charge on any atom is -0.366 e. The third-order valence-corrected chi connectivity index (χ3v) is 2.66. The molecule has 1 heterocycles. The van der Waals surface area contributed by atoms with Crippen molar-refractivity contribution in [3.63, 3.8) is 0 Å². The highest BCUT2D eigenvalue weighted by atomic mass is 35.5. The molecular formula is C12H12ClF2N3O2. The van der Waals surface area contributed by atoms with Gasteiger partial charge >= 0.3 is 0 Å². The summed E-state index contributed by atoms with van der Waals surface area (Å²) >= 11 is 0. The molecule has 0 bridgehead atoms. The van der Waals surface area contributed by atoms with E-state index in [0.29, 0.717) is 19.7 Å². The summed E-state index contributed by atoms with van der Waals surface area (Å²) in [5.41, 5.74) is -0.721. The Hall–Kier alpha value is -1.75. The Labute approximate surface area is 120 Å². The maximum atomic E-state index is 13.6. The number of hydrogen-bond donors (Lipinski definition) is 2. The topological polar surface area (TPSA) is 74.2 Å². The lowest BCUT2D eigenvalue weighted by Crippen LogP contribution is -2.45. The van der Waals surface area contributed by atoms with Crippen molar-refractivity contribution in [2.24, 2.45) is 0 Å². The van der Waals surface area contributed by atoms with Gasteiger partial charge in [-0.2, -0.15) is 5.26 Å². The van der Waals surface area contributed by atoms with Gasteiger partial charge in [-0.25, -0.2) is 8.78 Å². The number of anilines is 1. The summed E-state index contributed by atoms with van der Waals surface area (Å²) in [7, 11) is 0. The average molecular weight is 304 g/mol. The van der Waals surface area contributed by atoms with Crippen LogP contribution in [0.2, 0.25) is 0 Å². The highest BCUT2D eigenvalue weighted by Crippen LogP contribution is 2.19. The number of nitriles is 1. The number of halogens is 3. The molecule has 5 nitrogen and oxygen atoms in total. The molecule has 0 aliphatic carbocycles. The molecule has 0 spiro atoms. The average Bonchev–Trinajstić information content (AvgIpc) is 2.43. The zero-order valence-electron chi connectivity index (χ0n) is 10.3. The predicted octanol–water partition coefficient (Wildman–Crippen LogP) is 1.19. The molecule has 0 aromatic heterocycles. The van der Waals surface area contributed by atoms with Crippen LogP contribution in [0.3, 0.4) is 0 Å². The van der Waals surface area contributed by atoms with E-state index >= 15 is 0 Å². The number of benzene rings is 1. The molecular weight excluding hydrogens is 292 g/mol. The van der Waals surface area contributed by atoms with E-state index in [1.165, 1.54) is 6.07 Å². The first-order valence-corrected chi connectivity index (χ1v) is 5.64. The van der Waals surface area contributed by atoms with Gasteiger partial charge in [-0.1, -0.05) is 0 Å². The van der Waals surface area contributed by atoms with Crippen molar-refractivity contribution in [1.82, 2.24) is 5.32 Å². The van der Waals surface area contributed by atoms with Gasteiger partial charge in [-0.3, -0.25) is 4.79 Å². The van der Waals surface area contributed by atoms with Crippen molar-refractivity contribution in [1.29, 1.82) is 5.26 Å². The fourth-order valence-electron chi connectivity index (χ4n) is 1.68. The highest BCUT2D eigenvalue weighted by Gasteiger charge is 2.23. The number of rotatable bonds is 2. The van der Waals surface area contributed by atoms with Crippen LogP contribution >= 0.6 is 12.4 Å². The van der Waals surface area contributed by atoms with Crippen molar-refractivity contribution < 1.29 is 18.3 Å². The first-order chi connectivity index (χ1) is 9.11. The van der Waals surface area contributed by atoms with Crippen LogP contribution in [-0.2, 0) is 9.53 Å². The van der Waals surface area contributed by atoms with Gasteiger partial charge in [0.15, 0.2) is 0 Å². The van der Waals surface area contributed by atoms with E-state index in [1.807, 2.05) is 0 Å². The lowest BCUT2D eigenvalue weighted by molar-refractivity contribution is -0.128. The summed E-state index contributed by atoms with van der Waals surface area (Å²) in [6, 6.07) is 3.04. The third-order valence-electron chi connectivity index (χ3n) is 2.66. The number of nitrogens with zero attached hydrogens (tertiary/aromatic N) is 1. The SMILES string of the molecule is Cl.N#Cc1cc(F)c(NC(=O)[C@H]2CNCCO2)cc1F. The smallest absolute Gasteiger partial charge is 0.254 e. The Balaban J connectivity index is 0.00000200. The molecule has 8 heteroatoms. The maximum Gasteiger partial charge on any atom is 0.254 e. The molecule has 1 atom stereocenters. The van der Waals surface area contributed by atoms with E-state index in [0.717, 1.165) is 12.1 Å². The molecule has 2 rings (SSSR count). The number of hydrogen-bond acceptors (Lipinski definition) is 4. The van der Waals surface area contributed by atoms with E-state index in [2.05, 4.69) is 10.6 Å². The fourth-order valence-corrected chi connectivity index (χ4v) is 1.68. The van der Waals surface area contributed by atoms with Crippen LogP contribution in [0, 0.1) is 23.0 Å². The number of carbonyl (C=O) groups excluding carboxylic acids is 1. The van der Waals surface area contributed by atoms with E-state index in [1.54, 1.807) is 0 Å². The molecule has 1 amide bonds. The van der Waals surface area contributed by atoms with Crippen LogP contribution < -0.4 is 10.6 Å². The molecule has 0 unspecified atom stereocenters. The van der Waals surface area contributed by atoms with Crippen molar-refractivity contribution in [3.05, 3.63) is 29.3 Å². The standard InChI is InChI=1S/C12H11F2N3O2.ClH/c13-8-4-10(9(14)3-7(8)5-15)17-12(18)11-6-16-1-2-19-11;/h3-4,11,16H,1-2,6H2,(H,17,18);1H/t11-;/m1./s1. The van der Waals surface area contributed by atoms with Crippen LogP contribution in [0.15, 0.2) is 12.1 Å². The summed E-state index contributed by atoms with van der Waals surface area (Å²) in [5, 5.41) is 13.7. The summed E-state index contributed by atoms with van der Waals surface area (Å²) in [6.45, 7) is 1.33. The number of morpholine rings is 1. The van der Waals surface area contributed by atoms with Gasteiger partial charge in [0, 0.05) is 19.2 Å². The first-order valence-electron chi connectivity index (χ1n) is 5.64. The summed E-state index contributed by atoms with van der Waals surface area (Å²) in [6.07, 6.45) is -0.744. The summed E-state index contributed by atoms with van der Waals surface area (Å²) in [4.78, 5) is 11.8. The zero-order chi connectivity index (χ0) is 13.8. The summed E-state index contributed by atoms with van der Waals surface area (Å²) < 4.78 is 32.1. The Bertz CT molecular complexity index is 542. The Morgan fingerprint density at radius 1 is 1.45 bits per heavy atom. The second-order valence-electron chi connectivity index (χ2n) is 3.98. The first kappa shape index (κ1) is 16.3. The second kappa shape index (κ2) is 7.14. The van der Waals surface area contributed by atoms with Crippen molar-refractivity contribution >= 4 is 24.0 Å². The van der Waals surface area contributed by atoms with Gasteiger partial charge < -0.3 is 15.4 Å². The minimum absolute atomic E-state index is 0. The fraction of sp³-hybridized carbons (Fsp3) is 0.333. The van der Waals surface area contributed by atoms with E-state index in [4.69, 9.17) is 10.00 Å². The van der Waals surface area contributed by atoms with Crippen LogP contribution in [0.25, 0.3) is 0 Å². The predicted molar refractivity (Wildman–Crippen MR) is 69.6 cm³/mol. The largest absolute Gasteiger partial charge is 0.366 e. The maximum absolute atomic E-state index is 13.6. The van der Waals surface area contributed by atoms with Crippen LogP contribution in [0.1, 0.15) is 5.56 Å². The Kier molecular flexibility index (Phi) is 5.82. The van der Waals surface area contributed by atoms with Crippen molar-refractivity contribution in [2.45, 2.75) is 6.10 Å². The van der Waals surface area contributed by atoms with E-state index in [-0.39, 0.29) is 18.1 Å². The number of ether oxygens (including phenoxy) is 1. The molecule has 0 saturated carbocycles. The Morgan fingerprint density at radius 3 is 2.80 bits per heavy atom. The number of nitrogens with one attached hydrogen (secondary N) is 2. The molecule has 2 N–H and O–H groups in total. The van der Waals surface area contributed by atoms with Gasteiger partial charge in [0.1, 0.15) is 23.8 Å². The molecule has 1 saturated heterocycles. The van der Waals surface area contributed by atoms with Gasteiger partial charge in [-0.05, 0) is 6.07 Å². The molecule has 0 radical (unpaired) electrons. The Morgan fingerprint density at radius 2 is 2.20 bits per heavy atom. The van der Waals surface area contributed by atoms with Crippen molar-refractivity contribution in [3.8, 4) is 6.07 Å². The lowest BCUT2D eigenvalue weighted by Gasteiger charge is -2.22. The molecule has 1 aromatic rings. The second-order valence-corrected chi connectivity index (χ2v) is 3.98. The molecule has 1 aliphatic rings. The molecule has 108 valence electrons. The quantitative estimate of drug-likeness (QED) is 0.860. The minimum atomic E-state index is -0.887. The lowest BCUT2D eigenvalue weighted by atomic mass is 10.2. The number of amides is 1. The molecule has 1 fully saturated rings.